The summed E-state index contributed by atoms with van der Waals surface area (Å²) in [4.78, 5) is 27.4. The normalized spacial score (nSPS) is 15.2. The number of nitriles is 1. The minimum absolute atomic E-state index is 0.00284. The van der Waals surface area contributed by atoms with Crippen LogP contribution in [0.4, 0.5) is 5.69 Å². The van der Waals surface area contributed by atoms with Crippen LogP contribution in [0.5, 0.6) is 5.75 Å². The van der Waals surface area contributed by atoms with Crippen LogP contribution >= 0.6 is 11.3 Å². The Kier molecular flexibility index (Phi) is 9.30. The van der Waals surface area contributed by atoms with Crippen molar-refractivity contribution in [2.45, 2.75) is 13.5 Å². The minimum Gasteiger partial charge on any atom is -0.492 e. The number of carbonyl (C=O) groups excluding carboxylic acids is 1. The van der Waals surface area contributed by atoms with E-state index in [1.54, 1.807) is 13.1 Å². The van der Waals surface area contributed by atoms with Gasteiger partial charge in [0.1, 0.15) is 27.6 Å². The van der Waals surface area contributed by atoms with Gasteiger partial charge in [-0.05, 0) is 19.1 Å². The van der Waals surface area contributed by atoms with E-state index in [0.717, 1.165) is 55.6 Å². The highest BCUT2D eigenvalue weighted by atomic mass is 32.1. The Labute approximate surface area is 201 Å². The largest absolute Gasteiger partial charge is 0.492 e. The second kappa shape index (κ2) is 12.6. The van der Waals surface area contributed by atoms with Crippen molar-refractivity contribution in [3.8, 4) is 24.2 Å². The number of nitrogens with zero attached hydrogens (tertiary/aromatic N) is 3. The number of terminal acetylenes is 1. The number of anilines is 1. The molecule has 0 bridgehead atoms. The van der Waals surface area contributed by atoms with Crippen LogP contribution in [0.3, 0.4) is 0 Å². The maximum absolute atomic E-state index is 12.8. The Hall–Kier alpha value is -3.57. The van der Waals surface area contributed by atoms with E-state index in [9.17, 15) is 14.9 Å². The number of hydrogen-bond donors (Lipinski definition) is 2. The van der Waals surface area contributed by atoms with E-state index in [4.69, 9.17) is 15.9 Å². The monoisotopic (exact) mass is 481 g/mol. The lowest BCUT2D eigenvalue weighted by atomic mass is 10.3. The van der Waals surface area contributed by atoms with E-state index in [2.05, 4.69) is 21.5 Å². The maximum atomic E-state index is 12.8. The molecule has 1 aliphatic heterocycles. The highest BCUT2D eigenvalue weighted by Crippen LogP contribution is 2.17. The Bertz CT molecular complexity index is 1260. The zero-order valence-electron chi connectivity index (χ0n) is 19.0. The van der Waals surface area contributed by atoms with Crippen LogP contribution in [0.15, 0.2) is 29.1 Å². The van der Waals surface area contributed by atoms with Crippen molar-refractivity contribution >= 4 is 34.7 Å². The molecule has 2 aromatic rings. The lowest BCUT2D eigenvalue weighted by molar-refractivity contribution is -0.115. The van der Waals surface area contributed by atoms with Gasteiger partial charge in [0, 0.05) is 44.1 Å². The van der Waals surface area contributed by atoms with Crippen LogP contribution in [0, 0.1) is 23.7 Å². The Morgan fingerprint density at radius 1 is 1.38 bits per heavy atom. The van der Waals surface area contributed by atoms with E-state index < -0.39 is 5.91 Å². The van der Waals surface area contributed by atoms with Gasteiger partial charge < -0.3 is 20.1 Å². The van der Waals surface area contributed by atoms with Gasteiger partial charge >= 0.3 is 0 Å². The Morgan fingerprint density at radius 2 is 2.18 bits per heavy atom. The first-order chi connectivity index (χ1) is 16.6. The van der Waals surface area contributed by atoms with Crippen LogP contribution in [0.25, 0.3) is 11.8 Å². The number of amides is 1. The molecule has 0 spiro atoms. The second-order valence-electron chi connectivity index (χ2n) is 7.31. The summed E-state index contributed by atoms with van der Waals surface area (Å²) in [5.41, 5.74) is 0.317. The van der Waals surface area contributed by atoms with E-state index in [1.807, 2.05) is 30.3 Å². The summed E-state index contributed by atoms with van der Waals surface area (Å²) in [5, 5.41) is 15.1. The number of hydrogen-bond acceptors (Lipinski definition) is 8. The summed E-state index contributed by atoms with van der Waals surface area (Å²) < 4.78 is 13.3. The molecule has 0 radical (unpaired) electrons. The molecule has 1 aliphatic rings. The van der Waals surface area contributed by atoms with Gasteiger partial charge in [-0.25, -0.2) is 0 Å². The van der Waals surface area contributed by atoms with Gasteiger partial charge in [0.15, 0.2) is 5.57 Å². The van der Waals surface area contributed by atoms with Crippen molar-refractivity contribution in [1.29, 1.82) is 5.26 Å². The first-order valence-electron chi connectivity index (χ1n) is 10.9. The molecule has 0 aliphatic carbocycles. The lowest BCUT2D eigenvalue weighted by Crippen LogP contribution is -2.38. The van der Waals surface area contributed by atoms with Crippen LogP contribution in [0.2, 0.25) is 0 Å². The molecule has 0 atom stereocenters. The first kappa shape index (κ1) is 25.1. The number of aromatic nitrogens is 1. The molecule has 1 aromatic heterocycles. The van der Waals surface area contributed by atoms with Crippen LogP contribution < -0.4 is 30.1 Å². The predicted octanol–water partition coefficient (Wildman–Crippen LogP) is -0.0855. The molecule has 2 N–H and O–H groups in total. The van der Waals surface area contributed by atoms with Gasteiger partial charge in [-0.15, -0.1) is 17.8 Å². The SMILES string of the molecule is C#CCNC(=O)/C(C#N)=c1\s/c(=C/Nc2cccc(OCCN3CCOCC3)c2)c(=O)n1CC. The van der Waals surface area contributed by atoms with Crippen LogP contribution in [-0.4, -0.2) is 61.4 Å². The zero-order valence-corrected chi connectivity index (χ0v) is 19.8. The van der Waals surface area contributed by atoms with Crippen molar-refractivity contribution in [3.63, 3.8) is 0 Å². The molecular formula is C24H27N5O4S. The van der Waals surface area contributed by atoms with Crippen molar-refractivity contribution in [3.05, 3.63) is 43.8 Å². The van der Waals surface area contributed by atoms with Gasteiger partial charge in [-0.2, -0.15) is 5.26 Å². The fourth-order valence-corrected chi connectivity index (χ4v) is 4.44. The first-order valence-corrected chi connectivity index (χ1v) is 11.7. The Balaban J connectivity index is 1.76. The van der Waals surface area contributed by atoms with Gasteiger partial charge in [-0.3, -0.25) is 19.1 Å². The molecule has 9 nitrogen and oxygen atoms in total. The summed E-state index contributed by atoms with van der Waals surface area (Å²) in [7, 11) is 0. The third-order valence-corrected chi connectivity index (χ3v) is 6.24. The number of carbonyl (C=O) groups is 1. The van der Waals surface area contributed by atoms with Gasteiger partial charge in [0.05, 0.1) is 19.8 Å². The van der Waals surface area contributed by atoms with Crippen LogP contribution in [-0.2, 0) is 16.1 Å². The van der Waals surface area contributed by atoms with E-state index in [1.165, 1.54) is 4.57 Å². The van der Waals surface area contributed by atoms with Crippen molar-refractivity contribution < 1.29 is 14.3 Å². The summed E-state index contributed by atoms with van der Waals surface area (Å²) in [6.07, 6.45) is 6.74. The predicted molar refractivity (Wildman–Crippen MR) is 132 cm³/mol. The number of benzene rings is 1. The molecule has 3 rings (SSSR count). The molecule has 0 saturated carbocycles. The lowest BCUT2D eigenvalue weighted by Gasteiger charge is -2.26. The molecule has 34 heavy (non-hydrogen) atoms. The molecule has 178 valence electrons. The number of nitrogens with one attached hydrogen (secondary N) is 2. The second-order valence-corrected chi connectivity index (χ2v) is 8.34. The molecule has 1 aromatic carbocycles. The average molecular weight is 482 g/mol. The molecule has 2 heterocycles. The third kappa shape index (κ3) is 6.49. The van der Waals surface area contributed by atoms with Gasteiger partial charge in [-0.1, -0.05) is 12.0 Å². The van der Waals surface area contributed by atoms with Crippen molar-refractivity contribution in [1.82, 2.24) is 14.8 Å². The molecule has 10 heteroatoms. The number of thiazole rings is 1. The standard InChI is InChI=1S/C24H27N5O4S/c1-3-8-26-22(30)20(16-25)24-29(4-2)23(31)21(34-24)17-27-18-6-5-7-19(15-18)33-14-11-28-9-12-32-13-10-28/h1,5-7,15,17,27H,4,8-14H2,2H3,(H,26,30)/b21-17+,24-20-. The summed E-state index contributed by atoms with van der Waals surface area (Å²) >= 11 is 1.07. The van der Waals surface area contributed by atoms with E-state index in [0.29, 0.717) is 17.7 Å². The summed E-state index contributed by atoms with van der Waals surface area (Å²) in [6.45, 7) is 6.82. The molecule has 1 saturated heterocycles. The highest BCUT2D eigenvalue weighted by Gasteiger charge is 2.14. The average Bonchev–Trinajstić information content (AvgIpc) is 3.17. The van der Waals surface area contributed by atoms with Gasteiger partial charge in [0.25, 0.3) is 11.5 Å². The number of morpholine rings is 1. The quantitative estimate of drug-likeness (QED) is 0.482. The Morgan fingerprint density at radius 3 is 2.88 bits per heavy atom. The zero-order chi connectivity index (χ0) is 24.3. The third-order valence-electron chi connectivity index (χ3n) is 5.11. The minimum atomic E-state index is -0.606. The maximum Gasteiger partial charge on any atom is 0.270 e. The fraction of sp³-hybridized carbons (Fsp3) is 0.375. The summed E-state index contributed by atoms with van der Waals surface area (Å²) in [6, 6.07) is 9.34. The van der Waals surface area contributed by atoms with Gasteiger partial charge in [0.2, 0.25) is 0 Å². The summed E-state index contributed by atoms with van der Waals surface area (Å²) in [5.74, 6) is 2.40. The number of ether oxygens (including phenoxy) is 2. The van der Waals surface area contributed by atoms with Crippen molar-refractivity contribution in [2.24, 2.45) is 0 Å². The smallest absolute Gasteiger partial charge is 0.270 e. The molecule has 1 fully saturated rings. The molecule has 1 amide bonds. The molecule has 0 unspecified atom stereocenters. The van der Waals surface area contributed by atoms with E-state index >= 15 is 0 Å². The van der Waals surface area contributed by atoms with E-state index in [-0.39, 0.29) is 22.3 Å². The molecular weight excluding hydrogens is 454 g/mol. The number of rotatable bonds is 9. The highest BCUT2D eigenvalue weighted by molar-refractivity contribution is 7.07. The van der Waals surface area contributed by atoms with Crippen LogP contribution in [0.1, 0.15) is 6.92 Å². The van der Waals surface area contributed by atoms with Crippen molar-refractivity contribution in [2.75, 3.05) is 51.3 Å². The fourth-order valence-electron chi connectivity index (χ4n) is 3.35. The topological polar surface area (TPSA) is 109 Å².